The molecule has 2 aromatic rings. The van der Waals surface area contributed by atoms with Gasteiger partial charge in [-0.15, -0.1) is 0 Å². The van der Waals surface area contributed by atoms with Crippen LogP contribution in [0.4, 0.5) is 5.69 Å². The van der Waals surface area contributed by atoms with Crippen LogP contribution in [0.1, 0.15) is 11.3 Å². The molecular formula is C14H18N4O3. The molecule has 0 unspecified atom stereocenters. The van der Waals surface area contributed by atoms with Gasteiger partial charge in [0.25, 0.3) is 5.69 Å². The van der Waals surface area contributed by atoms with Gasteiger partial charge >= 0.3 is 0 Å². The first-order valence-electron chi connectivity index (χ1n) is 6.62. The van der Waals surface area contributed by atoms with E-state index in [1.54, 1.807) is 24.1 Å². The zero-order chi connectivity index (χ0) is 15.2. The summed E-state index contributed by atoms with van der Waals surface area (Å²) >= 11 is 0. The van der Waals surface area contributed by atoms with Crippen molar-refractivity contribution in [2.45, 2.75) is 13.5 Å². The number of benzene rings is 1. The Balaban J connectivity index is 2.20. The number of nitro groups is 1. The van der Waals surface area contributed by atoms with Crippen LogP contribution in [0.2, 0.25) is 0 Å². The quantitative estimate of drug-likeness (QED) is 0.478. The molecule has 21 heavy (non-hydrogen) atoms. The van der Waals surface area contributed by atoms with Gasteiger partial charge in [0.2, 0.25) is 0 Å². The van der Waals surface area contributed by atoms with E-state index in [2.05, 4.69) is 10.4 Å². The Bertz CT molecular complexity index is 624. The van der Waals surface area contributed by atoms with Gasteiger partial charge in [0, 0.05) is 32.5 Å². The molecule has 0 radical (unpaired) electrons. The average molecular weight is 290 g/mol. The standard InChI is InChI=1S/C14H18N4O3/c1-11-4-3-5-13(18(19)20)14(11)17-8-6-12(16-17)10-15-7-9-21-2/h3-6,8,15H,7,9-10H2,1-2H3. The topological polar surface area (TPSA) is 82.2 Å². The fourth-order valence-corrected chi connectivity index (χ4v) is 2.06. The molecule has 7 heteroatoms. The predicted molar refractivity (Wildman–Crippen MR) is 78.5 cm³/mol. The highest BCUT2D eigenvalue weighted by Gasteiger charge is 2.17. The largest absolute Gasteiger partial charge is 0.383 e. The minimum absolute atomic E-state index is 0.0528. The Kier molecular flexibility index (Phi) is 5.02. The maximum atomic E-state index is 11.1. The summed E-state index contributed by atoms with van der Waals surface area (Å²) in [5, 5.41) is 18.7. The first-order chi connectivity index (χ1) is 10.1. The molecule has 2 rings (SSSR count). The maximum absolute atomic E-state index is 11.1. The monoisotopic (exact) mass is 290 g/mol. The summed E-state index contributed by atoms with van der Waals surface area (Å²) in [5.41, 5.74) is 2.19. The highest BCUT2D eigenvalue weighted by Crippen LogP contribution is 2.25. The molecule has 0 spiro atoms. The van der Waals surface area contributed by atoms with E-state index in [0.29, 0.717) is 18.8 Å². The molecule has 0 aliphatic carbocycles. The van der Waals surface area contributed by atoms with Crippen molar-refractivity contribution in [3.63, 3.8) is 0 Å². The van der Waals surface area contributed by atoms with E-state index in [-0.39, 0.29) is 10.6 Å². The zero-order valence-electron chi connectivity index (χ0n) is 12.1. The van der Waals surface area contributed by atoms with Gasteiger partial charge in [-0.25, -0.2) is 4.68 Å². The Morgan fingerprint density at radius 3 is 2.95 bits per heavy atom. The number of nitrogens with zero attached hydrogens (tertiary/aromatic N) is 3. The Hall–Kier alpha value is -2.25. The third kappa shape index (κ3) is 3.65. The van der Waals surface area contributed by atoms with Gasteiger partial charge in [0.05, 0.1) is 17.2 Å². The summed E-state index contributed by atoms with van der Waals surface area (Å²) in [4.78, 5) is 10.7. The lowest BCUT2D eigenvalue weighted by molar-refractivity contribution is -0.384. The molecule has 112 valence electrons. The number of aryl methyl sites for hydroxylation is 1. The molecule has 1 aromatic carbocycles. The first-order valence-corrected chi connectivity index (χ1v) is 6.62. The fourth-order valence-electron chi connectivity index (χ4n) is 2.06. The SMILES string of the molecule is COCCNCc1ccn(-c2c(C)cccc2[N+](=O)[O-])n1. The van der Waals surface area contributed by atoms with Crippen molar-refractivity contribution in [1.29, 1.82) is 0 Å². The van der Waals surface area contributed by atoms with Crippen molar-refractivity contribution in [1.82, 2.24) is 15.1 Å². The molecule has 1 aromatic heterocycles. The van der Waals surface area contributed by atoms with Crippen molar-refractivity contribution in [2.24, 2.45) is 0 Å². The smallest absolute Gasteiger partial charge is 0.295 e. The summed E-state index contributed by atoms with van der Waals surface area (Å²) < 4.78 is 6.51. The van der Waals surface area contributed by atoms with Crippen LogP contribution in [0, 0.1) is 17.0 Å². The average Bonchev–Trinajstić information content (AvgIpc) is 2.91. The van der Waals surface area contributed by atoms with Gasteiger partial charge in [0.1, 0.15) is 5.69 Å². The molecule has 0 bridgehead atoms. The predicted octanol–water partition coefficient (Wildman–Crippen LogP) is 1.82. The van der Waals surface area contributed by atoms with Gasteiger partial charge in [-0.3, -0.25) is 10.1 Å². The lowest BCUT2D eigenvalue weighted by atomic mass is 10.1. The van der Waals surface area contributed by atoms with Gasteiger partial charge in [-0.2, -0.15) is 5.10 Å². The molecule has 0 fully saturated rings. The van der Waals surface area contributed by atoms with Crippen molar-refractivity contribution in [2.75, 3.05) is 20.3 Å². The molecular weight excluding hydrogens is 272 g/mol. The highest BCUT2D eigenvalue weighted by atomic mass is 16.6. The number of nitrogens with one attached hydrogen (secondary N) is 1. The van der Waals surface area contributed by atoms with E-state index in [9.17, 15) is 10.1 Å². The summed E-state index contributed by atoms with van der Waals surface area (Å²) in [6.45, 7) is 3.79. The molecule has 0 amide bonds. The fraction of sp³-hybridized carbons (Fsp3) is 0.357. The van der Waals surface area contributed by atoms with E-state index < -0.39 is 0 Å². The number of ether oxygens (including phenoxy) is 1. The molecule has 0 atom stereocenters. The summed E-state index contributed by atoms with van der Waals surface area (Å²) in [5.74, 6) is 0. The van der Waals surface area contributed by atoms with Crippen molar-refractivity contribution in [3.8, 4) is 5.69 Å². The van der Waals surface area contributed by atoms with E-state index in [0.717, 1.165) is 17.8 Å². The maximum Gasteiger partial charge on any atom is 0.295 e. The Morgan fingerprint density at radius 2 is 2.24 bits per heavy atom. The van der Waals surface area contributed by atoms with Gasteiger partial charge in [-0.1, -0.05) is 12.1 Å². The molecule has 1 heterocycles. The summed E-state index contributed by atoms with van der Waals surface area (Å²) in [7, 11) is 1.65. The molecule has 0 saturated carbocycles. The van der Waals surface area contributed by atoms with Crippen LogP contribution in [-0.4, -0.2) is 35.0 Å². The number of para-hydroxylation sites is 1. The molecule has 0 saturated heterocycles. The minimum atomic E-state index is -0.388. The molecule has 7 nitrogen and oxygen atoms in total. The highest BCUT2D eigenvalue weighted by molar-refractivity contribution is 5.56. The normalized spacial score (nSPS) is 10.8. The van der Waals surface area contributed by atoms with Crippen LogP contribution in [0.3, 0.4) is 0 Å². The number of aromatic nitrogens is 2. The molecule has 0 aliphatic rings. The minimum Gasteiger partial charge on any atom is -0.383 e. The van der Waals surface area contributed by atoms with Gasteiger partial charge in [0.15, 0.2) is 0 Å². The second-order valence-electron chi connectivity index (χ2n) is 4.62. The Labute approximate surface area is 122 Å². The third-order valence-electron chi connectivity index (χ3n) is 3.08. The number of rotatable bonds is 7. The van der Waals surface area contributed by atoms with Crippen LogP contribution in [0.5, 0.6) is 0 Å². The summed E-state index contributed by atoms with van der Waals surface area (Å²) in [6.07, 6.45) is 1.74. The lowest BCUT2D eigenvalue weighted by Crippen LogP contribution is -2.19. The van der Waals surface area contributed by atoms with Crippen LogP contribution in [0.15, 0.2) is 30.5 Å². The van der Waals surface area contributed by atoms with Crippen molar-refractivity contribution < 1.29 is 9.66 Å². The Morgan fingerprint density at radius 1 is 1.43 bits per heavy atom. The summed E-state index contributed by atoms with van der Waals surface area (Å²) in [6, 6.07) is 6.84. The van der Waals surface area contributed by atoms with E-state index >= 15 is 0 Å². The second-order valence-corrected chi connectivity index (χ2v) is 4.62. The number of hydrogen-bond acceptors (Lipinski definition) is 5. The first kappa shape index (κ1) is 15.1. The van der Waals surface area contributed by atoms with E-state index in [1.165, 1.54) is 6.07 Å². The second kappa shape index (κ2) is 6.96. The number of nitro benzene ring substituents is 1. The van der Waals surface area contributed by atoms with E-state index in [1.807, 2.05) is 19.1 Å². The third-order valence-corrected chi connectivity index (χ3v) is 3.08. The van der Waals surface area contributed by atoms with Crippen LogP contribution in [-0.2, 0) is 11.3 Å². The van der Waals surface area contributed by atoms with E-state index in [4.69, 9.17) is 4.74 Å². The van der Waals surface area contributed by atoms with Gasteiger partial charge < -0.3 is 10.1 Å². The molecule has 0 aliphatic heterocycles. The molecule has 1 N–H and O–H groups in total. The lowest BCUT2D eigenvalue weighted by Gasteiger charge is -2.06. The van der Waals surface area contributed by atoms with Crippen molar-refractivity contribution >= 4 is 5.69 Å². The van der Waals surface area contributed by atoms with Crippen LogP contribution >= 0.6 is 0 Å². The van der Waals surface area contributed by atoms with Crippen molar-refractivity contribution in [3.05, 3.63) is 51.8 Å². The number of hydrogen-bond donors (Lipinski definition) is 1. The number of methoxy groups -OCH3 is 1. The van der Waals surface area contributed by atoms with Gasteiger partial charge in [-0.05, 0) is 18.6 Å². The van der Waals surface area contributed by atoms with Crippen LogP contribution < -0.4 is 5.32 Å². The zero-order valence-corrected chi connectivity index (χ0v) is 12.1. The van der Waals surface area contributed by atoms with Crippen LogP contribution in [0.25, 0.3) is 5.69 Å².